The van der Waals surface area contributed by atoms with Crippen LogP contribution in [0.1, 0.15) is 34.5 Å². The molecular weight excluding hydrogens is 462 g/mol. The number of nitrogens with zero attached hydrogens (tertiary/aromatic N) is 7. The Balaban J connectivity index is 1.50. The van der Waals surface area contributed by atoms with E-state index >= 15 is 0 Å². The van der Waals surface area contributed by atoms with Gasteiger partial charge in [0.05, 0.1) is 36.7 Å². The van der Waals surface area contributed by atoms with Crippen LogP contribution in [0, 0.1) is 4.77 Å². The summed E-state index contributed by atoms with van der Waals surface area (Å²) in [6.07, 6.45) is 4.32. The third-order valence-corrected chi connectivity index (χ3v) is 5.88. The number of H-pyrrole nitrogens is 1. The van der Waals surface area contributed by atoms with Crippen LogP contribution in [0.4, 0.5) is 5.13 Å². The van der Waals surface area contributed by atoms with Crippen molar-refractivity contribution in [2.75, 3.05) is 12.4 Å². The van der Waals surface area contributed by atoms with Crippen LogP contribution in [-0.4, -0.2) is 52.7 Å². The summed E-state index contributed by atoms with van der Waals surface area (Å²) in [4.78, 5) is 17.5. The van der Waals surface area contributed by atoms with Crippen molar-refractivity contribution in [2.24, 2.45) is 0 Å². The summed E-state index contributed by atoms with van der Waals surface area (Å²) < 4.78 is 9.01. The Labute approximate surface area is 198 Å². The molecule has 33 heavy (non-hydrogen) atoms. The number of rotatable bonds is 9. The van der Waals surface area contributed by atoms with Crippen LogP contribution in [-0.2, 0) is 19.4 Å². The molecule has 0 fully saturated rings. The Morgan fingerprint density at radius 2 is 2.24 bits per heavy atom. The summed E-state index contributed by atoms with van der Waals surface area (Å²) in [5.41, 5.74) is 1.93. The highest BCUT2D eigenvalue weighted by molar-refractivity contribution is 7.71. The van der Waals surface area contributed by atoms with Gasteiger partial charge in [0.1, 0.15) is 5.82 Å². The van der Waals surface area contributed by atoms with E-state index in [1.807, 2.05) is 16.9 Å². The van der Waals surface area contributed by atoms with Crippen LogP contribution in [0.15, 0.2) is 36.4 Å². The molecule has 1 amide bonds. The number of carbonyl (C=O) groups is 1. The third kappa shape index (κ3) is 4.73. The Bertz CT molecular complexity index is 1330. The van der Waals surface area contributed by atoms with Crippen molar-refractivity contribution < 1.29 is 9.53 Å². The summed E-state index contributed by atoms with van der Waals surface area (Å²) in [6.45, 7) is 6.24. The van der Waals surface area contributed by atoms with Crippen LogP contribution in [0.3, 0.4) is 0 Å². The van der Waals surface area contributed by atoms with Crippen molar-refractivity contribution in [1.29, 1.82) is 0 Å². The van der Waals surface area contributed by atoms with E-state index in [4.69, 9.17) is 17.0 Å². The fraction of sp³-hybridized carbons (Fsp3) is 0.250. The molecule has 0 saturated heterocycles. The van der Waals surface area contributed by atoms with Gasteiger partial charge in [-0.2, -0.15) is 10.2 Å². The molecule has 0 aromatic carbocycles. The Morgan fingerprint density at radius 1 is 1.39 bits per heavy atom. The smallest absolute Gasteiger partial charge is 0.260 e. The summed E-state index contributed by atoms with van der Waals surface area (Å²) in [7, 11) is 1.52. The molecule has 0 bridgehead atoms. The van der Waals surface area contributed by atoms with Gasteiger partial charge in [-0.1, -0.05) is 13.0 Å². The third-order valence-electron chi connectivity index (χ3n) is 4.76. The van der Waals surface area contributed by atoms with Gasteiger partial charge in [0.25, 0.3) is 5.91 Å². The first kappa shape index (κ1) is 22.5. The average Bonchev–Trinajstić information content (AvgIpc) is 3.54. The van der Waals surface area contributed by atoms with E-state index in [0.717, 1.165) is 11.5 Å². The minimum atomic E-state index is -0.296. The largest absolute Gasteiger partial charge is 0.480 e. The molecule has 13 heteroatoms. The standard InChI is InChI=1S/C20H21N9O2S2/c1-4-8-28-16(25-27-20(28)32)9-12-11-33-19(22-12)23-18(30)13-10-21-29(14(13)5-2)15-6-7-17(31-3)26-24-15/h4,6-7,10-11H,1,5,8-9H2,2-3H3,(H,27,32)(H,22,23,30). The number of hydrogen-bond acceptors (Lipinski definition) is 9. The van der Waals surface area contributed by atoms with E-state index in [2.05, 4.69) is 42.4 Å². The highest BCUT2D eigenvalue weighted by atomic mass is 32.1. The number of anilines is 1. The zero-order valence-electron chi connectivity index (χ0n) is 18.0. The SMILES string of the molecule is C=CCn1c(Cc2csc(NC(=O)c3cnn(-c4ccc(OC)nn4)c3CC)n2)n[nH]c1=S. The van der Waals surface area contributed by atoms with Crippen LogP contribution in [0.25, 0.3) is 5.82 Å². The maximum absolute atomic E-state index is 12.9. The van der Waals surface area contributed by atoms with Gasteiger partial charge in [-0.05, 0) is 24.7 Å². The fourth-order valence-electron chi connectivity index (χ4n) is 3.21. The molecular formula is C20H21N9O2S2. The molecule has 0 radical (unpaired) electrons. The molecule has 11 nitrogen and oxygen atoms in total. The van der Waals surface area contributed by atoms with Crippen LogP contribution in [0.2, 0.25) is 0 Å². The number of thiazole rings is 1. The van der Waals surface area contributed by atoms with Crippen molar-refractivity contribution >= 4 is 34.6 Å². The van der Waals surface area contributed by atoms with Gasteiger partial charge in [-0.25, -0.2) is 9.67 Å². The van der Waals surface area contributed by atoms with E-state index < -0.39 is 0 Å². The quantitative estimate of drug-likeness (QED) is 0.275. The molecule has 0 aliphatic heterocycles. The lowest BCUT2D eigenvalue weighted by Crippen LogP contribution is -2.14. The Hall–Kier alpha value is -3.71. The lowest BCUT2D eigenvalue weighted by atomic mass is 10.2. The second-order valence-corrected chi connectivity index (χ2v) is 8.07. The van der Waals surface area contributed by atoms with Gasteiger partial charge < -0.3 is 4.74 Å². The number of nitrogens with one attached hydrogen (secondary N) is 2. The second kappa shape index (κ2) is 9.83. The van der Waals surface area contributed by atoms with E-state index in [-0.39, 0.29) is 5.91 Å². The van der Waals surface area contributed by atoms with E-state index in [9.17, 15) is 4.79 Å². The molecule has 0 saturated carbocycles. The van der Waals surface area contributed by atoms with E-state index in [1.54, 1.807) is 22.9 Å². The van der Waals surface area contributed by atoms with Crippen molar-refractivity contribution in [3.63, 3.8) is 0 Å². The molecule has 0 aliphatic rings. The molecule has 170 valence electrons. The summed E-state index contributed by atoms with van der Waals surface area (Å²) in [5, 5.41) is 24.7. The van der Waals surface area contributed by atoms with Gasteiger partial charge in [-0.3, -0.25) is 19.8 Å². The Morgan fingerprint density at radius 3 is 2.94 bits per heavy atom. The number of methoxy groups -OCH3 is 1. The van der Waals surface area contributed by atoms with Crippen LogP contribution in [0.5, 0.6) is 5.88 Å². The van der Waals surface area contributed by atoms with Crippen molar-refractivity contribution in [3.05, 3.63) is 63.9 Å². The summed E-state index contributed by atoms with van der Waals surface area (Å²) >= 11 is 6.58. The van der Waals surface area contributed by atoms with Crippen molar-refractivity contribution in [2.45, 2.75) is 26.3 Å². The van der Waals surface area contributed by atoms with Gasteiger partial charge in [-0.15, -0.1) is 28.1 Å². The maximum Gasteiger partial charge on any atom is 0.260 e. The first-order valence-corrected chi connectivity index (χ1v) is 11.3. The molecule has 0 spiro atoms. The number of ether oxygens (including phenoxy) is 1. The van der Waals surface area contributed by atoms with E-state index in [1.165, 1.54) is 24.6 Å². The fourth-order valence-corrected chi connectivity index (χ4v) is 4.14. The second-order valence-electron chi connectivity index (χ2n) is 6.82. The van der Waals surface area contributed by atoms with E-state index in [0.29, 0.717) is 52.2 Å². The number of hydrogen-bond donors (Lipinski definition) is 2. The minimum Gasteiger partial charge on any atom is -0.480 e. The summed E-state index contributed by atoms with van der Waals surface area (Å²) in [6, 6.07) is 3.42. The molecule has 4 aromatic heterocycles. The monoisotopic (exact) mass is 483 g/mol. The predicted molar refractivity (Wildman–Crippen MR) is 126 cm³/mol. The zero-order chi connectivity index (χ0) is 23.4. The van der Waals surface area contributed by atoms with Gasteiger partial charge in [0.2, 0.25) is 5.88 Å². The van der Waals surface area contributed by atoms with Crippen molar-refractivity contribution in [1.82, 2.24) is 39.7 Å². The first-order valence-electron chi connectivity index (χ1n) is 9.99. The molecule has 2 N–H and O–H groups in total. The molecule has 0 unspecified atom stereocenters. The maximum atomic E-state index is 12.9. The molecule has 0 aliphatic carbocycles. The first-order chi connectivity index (χ1) is 16.0. The molecule has 4 heterocycles. The molecule has 4 aromatic rings. The highest BCUT2D eigenvalue weighted by Gasteiger charge is 2.19. The van der Waals surface area contributed by atoms with Crippen LogP contribution >= 0.6 is 23.6 Å². The number of aromatic amines is 1. The lowest BCUT2D eigenvalue weighted by molar-refractivity contribution is 0.102. The van der Waals surface area contributed by atoms with Gasteiger partial charge >= 0.3 is 0 Å². The predicted octanol–water partition coefficient (Wildman–Crippen LogP) is 2.97. The Kier molecular flexibility index (Phi) is 6.70. The topological polar surface area (TPSA) is 128 Å². The summed E-state index contributed by atoms with van der Waals surface area (Å²) in [5.74, 6) is 1.35. The number of amides is 1. The van der Waals surface area contributed by atoms with Gasteiger partial charge in [0.15, 0.2) is 15.7 Å². The number of aromatic nitrogens is 8. The normalized spacial score (nSPS) is 10.8. The van der Waals surface area contributed by atoms with Crippen LogP contribution < -0.4 is 10.1 Å². The highest BCUT2D eigenvalue weighted by Crippen LogP contribution is 2.21. The number of allylic oxidation sites excluding steroid dienone is 1. The molecule has 4 rings (SSSR count). The van der Waals surface area contributed by atoms with Gasteiger partial charge in [0, 0.05) is 18.0 Å². The lowest BCUT2D eigenvalue weighted by Gasteiger charge is -2.07. The molecule has 0 atom stereocenters. The minimum absolute atomic E-state index is 0.296. The number of carbonyl (C=O) groups excluding carboxylic acids is 1. The average molecular weight is 484 g/mol. The van der Waals surface area contributed by atoms with Crippen molar-refractivity contribution in [3.8, 4) is 11.7 Å². The zero-order valence-corrected chi connectivity index (χ0v) is 19.6.